The maximum absolute atomic E-state index is 11.9. The van der Waals surface area contributed by atoms with Gasteiger partial charge < -0.3 is 4.90 Å². The van der Waals surface area contributed by atoms with Crippen molar-refractivity contribution in [1.82, 2.24) is 0 Å². The van der Waals surface area contributed by atoms with E-state index in [4.69, 9.17) is 4.99 Å². The van der Waals surface area contributed by atoms with Crippen molar-refractivity contribution < 1.29 is 4.79 Å². The summed E-state index contributed by atoms with van der Waals surface area (Å²) >= 11 is 0. The molecule has 0 aromatic heterocycles. The van der Waals surface area contributed by atoms with Crippen molar-refractivity contribution in [1.29, 1.82) is 0 Å². The lowest BCUT2D eigenvalue weighted by atomic mass is 9.94. The van der Waals surface area contributed by atoms with E-state index in [1.54, 1.807) is 12.2 Å². The van der Waals surface area contributed by atoms with Crippen LogP contribution in [0, 0.1) is 0 Å². The quantitative estimate of drug-likeness (QED) is 0.838. The predicted octanol–water partition coefficient (Wildman–Crippen LogP) is 4.41. The molecule has 3 nitrogen and oxygen atoms in total. The topological polar surface area (TPSA) is 32.7 Å². The molecule has 1 aliphatic carbocycles. The van der Waals surface area contributed by atoms with Crippen LogP contribution in [0.3, 0.4) is 0 Å². The summed E-state index contributed by atoms with van der Waals surface area (Å²) in [4.78, 5) is 18.9. The smallest absolute Gasteiger partial charge is 0.186 e. The van der Waals surface area contributed by atoms with E-state index >= 15 is 0 Å². The van der Waals surface area contributed by atoms with Gasteiger partial charge in [0.15, 0.2) is 5.78 Å². The van der Waals surface area contributed by atoms with E-state index in [0.717, 1.165) is 30.1 Å². The van der Waals surface area contributed by atoms with Gasteiger partial charge in [-0.15, -0.1) is 0 Å². The zero-order valence-electron chi connectivity index (χ0n) is 13.5. The minimum atomic E-state index is 0.0384. The van der Waals surface area contributed by atoms with E-state index in [1.807, 2.05) is 36.4 Å². The van der Waals surface area contributed by atoms with E-state index in [-0.39, 0.29) is 5.78 Å². The minimum Gasteiger partial charge on any atom is -0.372 e. The van der Waals surface area contributed by atoms with Crippen LogP contribution in [0.2, 0.25) is 0 Å². The second-order valence-corrected chi connectivity index (χ2v) is 5.43. The molecule has 0 aliphatic heterocycles. The zero-order valence-corrected chi connectivity index (χ0v) is 13.5. The van der Waals surface area contributed by atoms with Crippen LogP contribution in [0.5, 0.6) is 0 Å². The maximum Gasteiger partial charge on any atom is 0.186 e. The molecule has 23 heavy (non-hydrogen) atoms. The first kappa shape index (κ1) is 15.2. The number of hydrogen-bond donors (Lipinski definition) is 0. The third kappa shape index (κ3) is 3.09. The zero-order chi connectivity index (χ0) is 16.2. The number of benzene rings is 2. The Balaban J connectivity index is 1.93. The van der Waals surface area contributed by atoms with Crippen LogP contribution in [0.15, 0.2) is 65.7 Å². The Morgan fingerprint density at radius 1 is 0.870 bits per heavy atom. The van der Waals surface area contributed by atoms with E-state index in [0.29, 0.717) is 5.56 Å². The first-order chi connectivity index (χ1) is 11.2. The molecular weight excluding hydrogens is 284 g/mol. The predicted molar refractivity (Wildman–Crippen MR) is 96.1 cm³/mol. The Morgan fingerprint density at radius 2 is 1.52 bits per heavy atom. The van der Waals surface area contributed by atoms with Gasteiger partial charge in [0.25, 0.3) is 0 Å². The second-order valence-electron chi connectivity index (χ2n) is 5.43. The van der Waals surface area contributed by atoms with E-state index in [1.165, 1.54) is 5.69 Å². The Bertz CT molecular complexity index is 768. The van der Waals surface area contributed by atoms with Crippen LogP contribution in [0.25, 0.3) is 0 Å². The van der Waals surface area contributed by atoms with Gasteiger partial charge in [-0.05, 0) is 50.3 Å². The molecule has 0 N–H and O–H groups in total. The molecule has 0 atom stereocenters. The molecule has 0 fully saturated rings. The Hall–Kier alpha value is -2.68. The molecule has 1 aliphatic rings. The van der Waals surface area contributed by atoms with Crippen molar-refractivity contribution in [3.63, 3.8) is 0 Å². The van der Waals surface area contributed by atoms with Gasteiger partial charge in [-0.1, -0.05) is 24.3 Å². The number of anilines is 1. The summed E-state index contributed by atoms with van der Waals surface area (Å²) in [5.74, 6) is 0.0384. The van der Waals surface area contributed by atoms with Gasteiger partial charge in [0.2, 0.25) is 0 Å². The van der Waals surface area contributed by atoms with E-state index < -0.39 is 0 Å². The third-order valence-electron chi connectivity index (χ3n) is 4.09. The fourth-order valence-corrected chi connectivity index (χ4v) is 2.82. The highest BCUT2D eigenvalue weighted by Crippen LogP contribution is 2.23. The van der Waals surface area contributed by atoms with Crippen LogP contribution in [-0.4, -0.2) is 24.6 Å². The van der Waals surface area contributed by atoms with Gasteiger partial charge in [-0.3, -0.25) is 4.79 Å². The van der Waals surface area contributed by atoms with Crippen molar-refractivity contribution in [3.05, 3.63) is 71.8 Å². The fraction of sp³-hybridized carbons (Fsp3) is 0.200. The number of carbonyl (C=O) groups is 1. The average Bonchev–Trinajstić information content (AvgIpc) is 2.60. The monoisotopic (exact) mass is 304 g/mol. The lowest BCUT2D eigenvalue weighted by Crippen LogP contribution is -2.21. The molecule has 0 heterocycles. The first-order valence-electron chi connectivity index (χ1n) is 7.98. The molecule has 0 unspecified atom stereocenters. The molecule has 0 bridgehead atoms. The molecule has 116 valence electrons. The van der Waals surface area contributed by atoms with Gasteiger partial charge in [-0.2, -0.15) is 0 Å². The number of ketones is 1. The second kappa shape index (κ2) is 6.61. The lowest BCUT2D eigenvalue weighted by Gasteiger charge is -2.20. The van der Waals surface area contributed by atoms with Gasteiger partial charge in [-0.25, -0.2) is 4.99 Å². The SMILES string of the molecule is CCN(CC)c1ccc(N=C2C=CC(=O)c3ccccc32)cc1. The standard InChI is InChI=1S/C20H20N2O/c1-3-22(4-2)16-11-9-15(10-12-16)21-19-13-14-20(23)18-8-6-5-7-17(18)19/h5-14H,3-4H2,1-2H3. The highest BCUT2D eigenvalue weighted by molar-refractivity contribution is 6.24. The van der Waals surface area contributed by atoms with Gasteiger partial charge in [0.05, 0.1) is 11.4 Å². The van der Waals surface area contributed by atoms with Crippen LogP contribution < -0.4 is 4.90 Å². The molecular formula is C20H20N2O. The number of hydrogen-bond acceptors (Lipinski definition) is 3. The lowest BCUT2D eigenvalue weighted by molar-refractivity contribution is 0.104. The number of nitrogens with zero attached hydrogens (tertiary/aromatic N) is 2. The van der Waals surface area contributed by atoms with Crippen LogP contribution in [0.1, 0.15) is 29.8 Å². The van der Waals surface area contributed by atoms with Crippen LogP contribution >= 0.6 is 0 Å². The van der Waals surface area contributed by atoms with E-state index in [2.05, 4.69) is 30.9 Å². The van der Waals surface area contributed by atoms with Gasteiger partial charge >= 0.3 is 0 Å². The molecule has 0 saturated heterocycles. The van der Waals surface area contributed by atoms with Crippen LogP contribution in [0.4, 0.5) is 11.4 Å². The van der Waals surface area contributed by atoms with Gasteiger partial charge in [0.1, 0.15) is 0 Å². The number of allylic oxidation sites excluding steroid dienone is 2. The molecule has 3 heteroatoms. The number of rotatable bonds is 4. The Labute approximate surface area is 137 Å². The van der Waals surface area contributed by atoms with Crippen molar-refractivity contribution >= 4 is 22.9 Å². The highest BCUT2D eigenvalue weighted by atomic mass is 16.1. The summed E-state index contributed by atoms with van der Waals surface area (Å²) in [5, 5.41) is 0. The number of carbonyl (C=O) groups excluding carboxylic acids is 1. The molecule has 0 spiro atoms. The summed E-state index contributed by atoms with van der Waals surface area (Å²) in [6, 6.07) is 15.8. The summed E-state index contributed by atoms with van der Waals surface area (Å²) in [5.41, 5.74) is 4.54. The summed E-state index contributed by atoms with van der Waals surface area (Å²) < 4.78 is 0. The normalized spacial score (nSPS) is 14.9. The van der Waals surface area contributed by atoms with E-state index in [9.17, 15) is 4.79 Å². The average molecular weight is 304 g/mol. The number of fused-ring (bicyclic) bond motifs is 1. The summed E-state index contributed by atoms with van der Waals surface area (Å²) in [6.45, 7) is 6.28. The van der Waals surface area contributed by atoms with Crippen molar-refractivity contribution in [2.75, 3.05) is 18.0 Å². The summed E-state index contributed by atoms with van der Waals surface area (Å²) in [6.07, 6.45) is 3.38. The van der Waals surface area contributed by atoms with Gasteiger partial charge in [0, 0.05) is 29.9 Å². The maximum atomic E-state index is 11.9. The third-order valence-corrected chi connectivity index (χ3v) is 4.09. The fourth-order valence-electron chi connectivity index (χ4n) is 2.82. The Morgan fingerprint density at radius 3 is 2.17 bits per heavy atom. The molecule has 3 rings (SSSR count). The molecule has 2 aromatic carbocycles. The summed E-state index contributed by atoms with van der Waals surface area (Å²) in [7, 11) is 0. The minimum absolute atomic E-state index is 0.0384. The molecule has 0 amide bonds. The molecule has 2 aromatic rings. The van der Waals surface area contributed by atoms with Crippen LogP contribution in [-0.2, 0) is 0 Å². The first-order valence-corrected chi connectivity index (χ1v) is 7.98. The highest BCUT2D eigenvalue weighted by Gasteiger charge is 2.16. The van der Waals surface area contributed by atoms with Crippen molar-refractivity contribution in [3.8, 4) is 0 Å². The van der Waals surface area contributed by atoms with Crippen molar-refractivity contribution in [2.24, 2.45) is 4.99 Å². The molecule has 0 saturated carbocycles. The molecule has 0 radical (unpaired) electrons. The van der Waals surface area contributed by atoms with Crippen molar-refractivity contribution in [2.45, 2.75) is 13.8 Å². The Kier molecular flexibility index (Phi) is 4.38. The largest absolute Gasteiger partial charge is 0.372 e. The number of aliphatic imine (C=N–C) groups is 1.